The zero-order valence-corrected chi connectivity index (χ0v) is 21.0. The van der Waals surface area contributed by atoms with Crippen molar-refractivity contribution in [3.63, 3.8) is 0 Å². The fourth-order valence-corrected chi connectivity index (χ4v) is 4.41. The summed E-state index contributed by atoms with van der Waals surface area (Å²) < 4.78 is 19.5. The number of pyridine rings is 1. The molecule has 2 amide bonds. The second kappa shape index (κ2) is 10.9. The Morgan fingerprint density at radius 3 is 2.58 bits per heavy atom. The molecule has 0 fully saturated rings. The molecular weight excluding hydrogens is 457 g/mol. The topological polar surface area (TPSA) is 71.5 Å². The van der Waals surface area contributed by atoms with Crippen LogP contribution in [0.3, 0.4) is 0 Å². The Balaban J connectivity index is 1.49. The lowest BCUT2D eigenvalue weighted by molar-refractivity contribution is -0.141. The van der Waals surface area contributed by atoms with Crippen LogP contribution in [0.25, 0.3) is 0 Å². The molecule has 188 valence electrons. The number of ether oxygens (including phenoxy) is 1. The molecule has 7 heteroatoms. The third kappa shape index (κ3) is 6.08. The van der Waals surface area contributed by atoms with Crippen LogP contribution in [0.5, 0.6) is 5.75 Å². The molecule has 1 N–H and O–H groups in total. The molecule has 0 saturated heterocycles. The number of aromatic nitrogens is 1. The summed E-state index contributed by atoms with van der Waals surface area (Å²) in [6.07, 6.45) is 3.08. The number of amides is 2. The number of hydrogen-bond acceptors (Lipinski definition) is 4. The molecule has 2 aromatic carbocycles. The van der Waals surface area contributed by atoms with Gasteiger partial charge in [-0.25, -0.2) is 4.39 Å². The van der Waals surface area contributed by atoms with Crippen molar-refractivity contribution >= 4 is 11.8 Å². The third-order valence-corrected chi connectivity index (χ3v) is 6.23. The van der Waals surface area contributed by atoms with Gasteiger partial charge in [0, 0.05) is 36.8 Å². The predicted molar refractivity (Wildman–Crippen MR) is 136 cm³/mol. The van der Waals surface area contributed by atoms with Crippen LogP contribution in [-0.4, -0.2) is 41.4 Å². The second-order valence-corrected chi connectivity index (χ2v) is 10.0. The van der Waals surface area contributed by atoms with E-state index in [1.54, 1.807) is 18.3 Å². The van der Waals surface area contributed by atoms with Gasteiger partial charge in [-0.2, -0.15) is 0 Å². The monoisotopic (exact) mass is 489 g/mol. The van der Waals surface area contributed by atoms with Crippen LogP contribution in [-0.2, 0) is 22.4 Å². The van der Waals surface area contributed by atoms with Crippen LogP contribution in [0.2, 0.25) is 0 Å². The standard InChI is InChI=1S/C29H32FN3O3/c1-29(2,3)28(35)33-17-14-20-9-12-24(18-25(20)27(33)21-7-10-22(30)11-8-21)36-19-26(34)32-16-13-23-6-4-5-15-31-23/h4-12,15,18,27H,13-14,16-17,19H2,1-3H3,(H,32,34). The van der Waals surface area contributed by atoms with Gasteiger partial charge in [0.05, 0.1) is 6.04 Å². The second-order valence-electron chi connectivity index (χ2n) is 10.0. The minimum Gasteiger partial charge on any atom is -0.484 e. The van der Waals surface area contributed by atoms with Crippen molar-refractivity contribution < 1.29 is 18.7 Å². The molecule has 3 aromatic rings. The van der Waals surface area contributed by atoms with Crippen LogP contribution in [0, 0.1) is 11.2 Å². The number of benzene rings is 2. The number of hydrogen-bond donors (Lipinski definition) is 1. The molecule has 1 aliphatic rings. The predicted octanol–water partition coefficient (Wildman–Crippen LogP) is 4.48. The summed E-state index contributed by atoms with van der Waals surface area (Å²) in [5, 5.41) is 2.85. The van der Waals surface area contributed by atoms with Gasteiger partial charge < -0.3 is 15.0 Å². The van der Waals surface area contributed by atoms with Crippen molar-refractivity contribution in [1.82, 2.24) is 15.2 Å². The van der Waals surface area contributed by atoms with Crippen LogP contribution in [0.1, 0.15) is 49.2 Å². The number of carbonyl (C=O) groups is 2. The molecule has 0 spiro atoms. The van der Waals surface area contributed by atoms with Crippen molar-refractivity contribution in [2.24, 2.45) is 5.41 Å². The SMILES string of the molecule is CC(C)(C)C(=O)N1CCc2ccc(OCC(=O)NCCc3ccccn3)cc2C1c1ccc(F)cc1. The van der Waals surface area contributed by atoms with Crippen molar-refractivity contribution in [2.45, 2.75) is 39.7 Å². The average molecular weight is 490 g/mol. The first-order valence-corrected chi connectivity index (χ1v) is 12.2. The van der Waals surface area contributed by atoms with E-state index in [2.05, 4.69) is 10.3 Å². The van der Waals surface area contributed by atoms with E-state index in [1.807, 2.05) is 62.1 Å². The quantitative estimate of drug-likeness (QED) is 0.531. The molecule has 1 atom stereocenters. The van der Waals surface area contributed by atoms with E-state index < -0.39 is 5.41 Å². The van der Waals surface area contributed by atoms with Crippen LogP contribution in [0.4, 0.5) is 4.39 Å². The lowest BCUT2D eigenvalue weighted by Crippen LogP contribution is -2.45. The first-order chi connectivity index (χ1) is 17.2. The van der Waals surface area contributed by atoms with Gasteiger partial charge in [-0.05, 0) is 59.5 Å². The molecule has 1 unspecified atom stereocenters. The first-order valence-electron chi connectivity index (χ1n) is 12.2. The maximum atomic E-state index is 13.7. The van der Waals surface area contributed by atoms with Gasteiger partial charge in [-0.1, -0.05) is 45.0 Å². The first kappa shape index (κ1) is 25.4. The summed E-state index contributed by atoms with van der Waals surface area (Å²) in [4.78, 5) is 31.8. The van der Waals surface area contributed by atoms with Crippen molar-refractivity contribution in [2.75, 3.05) is 19.7 Å². The van der Waals surface area contributed by atoms with Gasteiger partial charge in [0.25, 0.3) is 5.91 Å². The Bertz CT molecular complexity index is 1210. The molecule has 0 bridgehead atoms. The number of rotatable bonds is 7. The normalized spacial score (nSPS) is 15.2. The Morgan fingerprint density at radius 1 is 1.11 bits per heavy atom. The molecule has 2 heterocycles. The highest BCUT2D eigenvalue weighted by atomic mass is 19.1. The molecular formula is C29H32FN3O3. The van der Waals surface area contributed by atoms with Gasteiger partial charge in [0.15, 0.2) is 6.61 Å². The fraction of sp³-hybridized carbons (Fsp3) is 0.345. The van der Waals surface area contributed by atoms with Crippen molar-refractivity contribution in [1.29, 1.82) is 0 Å². The summed E-state index contributed by atoms with van der Waals surface area (Å²) in [6.45, 7) is 6.63. The molecule has 0 saturated carbocycles. The largest absolute Gasteiger partial charge is 0.484 e. The third-order valence-electron chi connectivity index (χ3n) is 6.23. The summed E-state index contributed by atoms with van der Waals surface area (Å²) in [5.74, 6) is 0.0322. The van der Waals surface area contributed by atoms with Gasteiger partial charge >= 0.3 is 0 Å². The molecule has 0 radical (unpaired) electrons. The molecule has 6 nitrogen and oxygen atoms in total. The highest BCUT2D eigenvalue weighted by Gasteiger charge is 2.37. The maximum Gasteiger partial charge on any atom is 0.257 e. The summed E-state index contributed by atoms with van der Waals surface area (Å²) in [6, 6.07) is 17.3. The highest BCUT2D eigenvalue weighted by molar-refractivity contribution is 5.83. The van der Waals surface area contributed by atoms with Crippen molar-refractivity contribution in [3.05, 3.63) is 95.1 Å². The average Bonchev–Trinajstić information content (AvgIpc) is 2.87. The lowest BCUT2D eigenvalue weighted by Gasteiger charge is -2.41. The summed E-state index contributed by atoms with van der Waals surface area (Å²) in [5.41, 5.74) is 3.22. The lowest BCUT2D eigenvalue weighted by atomic mass is 9.85. The van der Waals surface area contributed by atoms with Crippen molar-refractivity contribution in [3.8, 4) is 5.75 Å². The van der Waals surface area contributed by atoms with Gasteiger partial charge in [-0.3, -0.25) is 14.6 Å². The van der Waals surface area contributed by atoms with Gasteiger partial charge in [0.1, 0.15) is 11.6 Å². The van der Waals surface area contributed by atoms with E-state index in [0.717, 1.165) is 22.4 Å². The van der Waals surface area contributed by atoms with Gasteiger partial charge in [0.2, 0.25) is 5.91 Å². The Kier molecular flexibility index (Phi) is 7.67. The minimum atomic E-state index is -0.558. The number of carbonyl (C=O) groups excluding carboxylic acids is 2. The molecule has 36 heavy (non-hydrogen) atoms. The zero-order chi connectivity index (χ0) is 25.7. The molecule has 1 aliphatic heterocycles. The Hall–Kier alpha value is -3.74. The molecule has 0 aliphatic carbocycles. The Labute approximate surface area is 211 Å². The van der Waals surface area contributed by atoms with E-state index in [0.29, 0.717) is 31.7 Å². The van der Waals surface area contributed by atoms with E-state index in [4.69, 9.17) is 4.74 Å². The smallest absolute Gasteiger partial charge is 0.257 e. The minimum absolute atomic E-state index is 0.0288. The molecule has 4 rings (SSSR count). The van der Waals surface area contributed by atoms with E-state index in [9.17, 15) is 14.0 Å². The fourth-order valence-electron chi connectivity index (χ4n) is 4.41. The highest BCUT2D eigenvalue weighted by Crippen LogP contribution is 2.39. The number of nitrogens with zero attached hydrogens (tertiary/aromatic N) is 2. The Morgan fingerprint density at radius 2 is 1.89 bits per heavy atom. The van der Waals surface area contributed by atoms with Crippen LogP contribution >= 0.6 is 0 Å². The summed E-state index contributed by atoms with van der Waals surface area (Å²) in [7, 11) is 0. The van der Waals surface area contributed by atoms with E-state index in [1.165, 1.54) is 12.1 Å². The zero-order valence-electron chi connectivity index (χ0n) is 21.0. The van der Waals surface area contributed by atoms with Crippen LogP contribution < -0.4 is 10.1 Å². The molecule has 1 aromatic heterocycles. The number of fused-ring (bicyclic) bond motifs is 1. The summed E-state index contributed by atoms with van der Waals surface area (Å²) >= 11 is 0. The van der Waals surface area contributed by atoms with Crippen LogP contribution in [0.15, 0.2) is 66.9 Å². The van der Waals surface area contributed by atoms with E-state index >= 15 is 0 Å². The van der Waals surface area contributed by atoms with Gasteiger partial charge in [-0.15, -0.1) is 0 Å². The number of halogens is 1. The number of nitrogens with one attached hydrogen (secondary N) is 1. The van der Waals surface area contributed by atoms with E-state index in [-0.39, 0.29) is 30.3 Å². The maximum absolute atomic E-state index is 13.7.